The molecule has 0 aromatic heterocycles. The molecule has 0 aromatic carbocycles. The molecule has 0 amide bonds. The molecule has 148 valence electrons. The Balaban J connectivity index is 1.64. The molecule has 2 fully saturated rings. The Labute approximate surface area is 156 Å². The molecule has 0 aromatic rings. The molecule has 0 N–H and O–H groups in total. The summed E-state index contributed by atoms with van der Waals surface area (Å²) in [5, 5.41) is 0. The summed E-state index contributed by atoms with van der Waals surface area (Å²) in [4.78, 5) is 0. The molecule has 0 bridgehead atoms. The number of rotatable bonds is 14. The molecule has 1 spiro atoms. The first-order valence-corrected chi connectivity index (χ1v) is 11.0. The zero-order valence-electron chi connectivity index (χ0n) is 17.2. The van der Waals surface area contributed by atoms with E-state index < -0.39 is 0 Å². The van der Waals surface area contributed by atoms with Gasteiger partial charge in [-0.2, -0.15) is 0 Å². The molecule has 3 nitrogen and oxygen atoms in total. The Morgan fingerprint density at radius 3 is 2.04 bits per heavy atom. The van der Waals surface area contributed by atoms with Crippen molar-refractivity contribution in [2.24, 2.45) is 11.8 Å². The van der Waals surface area contributed by atoms with E-state index in [0.29, 0.717) is 12.0 Å². The van der Waals surface area contributed by atoms with Crippen LogP contribution in [0.3, 0.4) is 0 Å². The third-order valence-corrected chi connectivity index (χ3v) is 6.27. The second-order valence-electron chi connectivity index (χ2n) is 8.39. The van der Waals surface area contributed by atoms with Crippen LogP contribution in [0.15, 0.2) is 0 Å². The van der Waals surface area contributed by atoms with Gasteiger partial charge in [0.1, 0.15) is 0 Å². The van der Waals surface area contributed by atoms with Crippen molar-refractivity contribution >= 4 is 0 Å². The first kappa shape index (κ1) is 21.2. The summed E-state index contributed by atoms with van der Waals surface area (Å²) in [7, 11) is 0. The van der Waals surface area contributed by atoms with Crippen LogP contribution in [0.25, 0.3) is 0 Å². The third-order valence-electron chi connectivity index (χ3n) is 6.27. The molecule has 5 atom stereocenters. The van der Waals surface area contributed by atoms with E-state index in [1.165, 1.54) is 51.4 Å². The van der Waals surface area contributed by atoms with Crippen LogP contribution in [-0.4, -0.2) is 37.6 Å². The van der Waals surface area contributed by atoms with Crippen molar-refractivity contribution in [3.8, 4) is 0 Å². The van der Waals surface area contributed by atoms with Gasteiger partial charge in [0.05, 0.1) is 24.4 Å². The van der Waals surface area contributed by atoms with E-state index in [4.69, 9.17) is 14.2 Å². The normalized spacial score (nSPS) is 30.7. The molecule has 1 saturated heterocycles. The molecule has 2 aliphatic rings. The van der Waals surface area contributed by atoms with Crippen molar-refractivity contribution in [3.05, 3.63) is 0 Å². The maximum atomic E-state index is 6.21. The van der Waals surface area contributed by atoms with E-state index >= 15 is 0 Å². The average molecular weight is 355 g/mol. The summed E-state index contributed by atoms with van der Waals surface area (Å²) in [5.41, 5.74) is -0.00115. The molecular formula is C22H42O3. The summed E-state index contributed by atoms with van der Waals surface area (Å²) in [6.45, 7) is 11.7. The van der Waals surface area contributed by atoms with Gasteiger partial charge >= 0.3 is 0 Å². The van der Waals surface area contributed by atoms with Crippen LogP contribution >= 0.6 is 0 Å². The number of unbranched alkanes of at least 4 members (excludes halogenated alkanes) is 2. The molecule has 0 radical (unpaired) electrons. The smallest absolute Gasteiger partial charge is 0.0996 e. The van der Waals surface area contributed by atoms with E-state index in [9.17, 15) is 0 Å². The second-order valence-corrected chi connectivity index (χ2v) is 8.39. The molecule has 1 aliphatic carbocycles. The lowest BCUT2D eigenvalue weighted by Gasteiger charge is -2.18. The van der Waals surface area contributed by atoms with Crippen molar-refractivity contribution in [1.29, 1.82) is 0 Å². The van der Waals surface area contributed by atoms with Gasteiger partial charge in [0.15, 0.2) is 0 Å². The lowest BCUT2D eigenvalue weighted by atomic mass is 10.0. The third kappa shape index (κ3) is 6.52. The highest BCUT2D eigenvalue weighted by molar-refractivity contribution is 5.11. The summed E-state index contributed by atoms with van der Waals surface area (Å²) >= 11 is 0. The zero-order valence-corrected chi connectivity index (χ0v) is 17.2. The molecule has 1 aliphatic heterocycles. The summed E-state index contributed by atoms with van der Waals surface area (Å²) in [6, 6.07) is 0. The minimum Gasteiger partial charge on any atom is -0.375 e. The SMILES string of the molecule is CCCCC(CC)COC1CC12C[C@@H](OCC(CC)CCCC)CO2. The van der Waals surface area contributed by atoms with Gasteiger partial charge in [-0.3, -0.25) is 0 Å². The van der Waals surface area contributed by atoms with Crippen molar-refractivity contribution in [2.75, 3.05) is 19.8 Å². The molecule has 4 unspecified atom stereocenters. The van der Waals surface area contributed by atoms with Crippen LogP contribution in [0.2, 0.25) is 0 Å². The average Bonchev–Trinajstić information content (AvgIpc) is 3.14. The fraction of sp³-hybridized carbons (Fsp3) is 1.00. The summed E-state index contributed by atoms with van der Waals surface area (Å²) in [6.07, 6.45) is 13.0. The van der Waals surface area contributed by atoms with Gasteiger partial charge in [0, 0.05) is 26.1 Å². The quantitative estimate of drug-likeness (QED) is 0.397. The number of ether oxygens (including phenoxy) is 3. The maximum absolute atomic E-state index is 6.21. The zero-order chi connectivity index (χ0) is 18.1. The van der Waals surface area contributed by atoms with Gasteiger partial charge in [-0.05, 0) is 24.7 Å². The van der Waals surface area contributed by atoms with Gasteiger partial charge in [-0.15, -0.1) is 0 Å². The van der Waals surface area contributed by atoms with Crippen LogP contribution in [0.1, 0.15) is 91.9 Å². The predicted octanol–water partition coefficient (Wildman–Crippen LogP) is 5.75. The summed E-state index contributed by atoms with van der Waals surface area (Å²) in [5.74, 6) is 1.43. The van der Waals surface area contributed by atoms with Crippen LogP contribution < -0.4 is 0 Å². The number of hydrogen-bond acceptors (Lipinski definition) is 3. The van der Waals surface area contributed by atoms with Crippen LogP contribution in [0.5, 0.6) is 0 Å². The first-order chi connectivity index (χ1) is 12.2. The van der Waals surface area contributed by atoms with Gasteiger partial charge in [-0.25, -0.2) is 0 Å². The maximum Gasteiger partial charge on any atom is 0.0996 e. The highest BCUT2D eigenvalue weighted by atomic mass is 16.6. The highest BCUT2D eigenvalue weighted by Gasteiger charge is 2.61. The van der Waals surface area contributed by atoms with Crippen molar-refractivity contribution in [1.82, 2.24) is 0 Å². The first-order valence-electron chi connectivity index (χ1n) is 11.0. The Kier molecular flexibility index (Phi) is 9.23. The molecule has 1 heterocycles. The monoisotopic (exact) mass is 354 g/mol. The lowest BCUT2D eigenvalue weighted by Crippen LogP contribution is -2.21. The van der Waals surface area contributed by atoms with E-state index in [1.807, 2.05) is 0 Å². The van der Waals surface area contributed by atoms with Gasteiger partial charge in [0.2, 0.25) is 0 Å². The van der Waals surface area contributed by atoms with Crippen molar-refractivity contribution < 1.29 is 14.2 Å². The van der Waals surface area contributed by atoms with E-state index in [0.717, 1.165) is 38.6 Å². The number of hydrogen-bond donors (Lipinski definition) is 0. The largest absolute Gasteiger partial charge is 0.375 e. The molecule has 3 heteroatoms. The fourth-order valence-corrected chi connectivity index (χ4v) is 4.02. The van der Waals surface area contributed by atoms with Gasteiger partial charge < -0.3 is 14.2 Å². The van der Waals surface area contributed by atoms with Crippen LogP contribution in [0, 0.1) is 11.8 Å². The van der Waals surface area contributed by atoms with E-state index in [-0.39, 0.29) is 11.7 Å². The highest BCUT2D eigenvalue weighted by Crippen LogP contribution is 2.50. The minimum absolute atomic E-state index is 0.00115. The molecular weight excluding hydrogens is 312 g/mol. The Morgan fingerprint density at radius 2 is 1.48 bits per heavy atom. The Morgan fingerprint density at radius 1 is 0.880 bits per heavy atom. The second kappa shape index (κ2) is 10.9. The van der Waals surface area contributed by atoms with Crippen LogP contribution in [-0.2, 0) is 14.2 Å². The Hall–Kier alpha value is -0.120. The van der Waals surface area contributed by atoms with Crippen molar-refractivity contribution in [3.63, 3.8) is 0 Å². The Bertz CT molecular complexity index is 339. The summed E-state index contributed by atoms with van der Waals surface area (Å²) < 4.78 is 18.5. The van der Waals surface area contributed by atoms with Gasteiger partial charge in [0.25, 0.3) is 0 Å². The topological polar surface area (TPSA) is 27.7 Å². The standard InChI is InChI=1S/C22H42O3/c1-5-9-11-18(7-3)15-23-20-13-22(25-17-20)14-21(22)24-16-19(8-4)12-10-6-2/h18-21H,5-17H2,1-4H3/t18?,19?,20-,21?,22?/m1/s1. The molecule has 1 saturated carbocycles. The minimum atomic E-state index is -0.00115. The lowest BCUT2D eigenvalue weighted by molar-refractivity contribution is -0.00658. The van der Waals surface area contributed by atoms with E-state index in [2.05, 4.69) is 27.7 Å². The van der Waals surface area contributed by atoms with Gasteiger partial charge in [-0.1, -0.05) is 66.2 Å². The van der Waals surface area contributed by atoms with Crippen molar-refractivity contribution in [2.45, 2.75) is 110 Å². The van der Waals surface area contributed by atoms with E-state index in [1.54, 1.807) is 0 Å². The van der Waals surface area contributed by atoms with Crippen LogP contribution in [0.4, 0.5) is 0 Å². The molecule has 25 heavy (non-hydrogen) atoms. The predicted molar refractivity (Wildman–Crippen MR) is 104 cm³/mol. The molecule has 2 rings (SSSR count). The fourth-order valence-electron chi connectivity index (χ4n) is 4.02.